The van der Waals surface area contributed by atoms with Crippen molar-refractivity contribution >= 4 is 5.91 Å². The number of piperidine rings is 1. The molecule has 1 heterocycles. The summed E-state index contributed by atoms with van der Waals surface area (Å²) >= 11 is 0. The number of hydrogen-bond acceptors (Lipinski definition) is 3. The van der Waals surface area contributed by atoms with Gasteiger partial charge in [-0.1, -0.05) is 0 Å². The number of benzene rings is 1. The maximum absolute atomic E-state index is 12.3. The van der Waals surface area contributed by atoms with Crippen molar-refractivity contribution in [3.8, 4) is 5.75 Å². The average Bonchev–Trinajstić information content (AvgIpc) is 2.39. The van der Waals surface area contributed by atoms with Crippen LogP contribution in [0.3, 0.4) is 0 Å². The second kappa shape index (κ2) is 5.19. The molecule has 1 aliphatic heterocycles. The number of carbonyl (C=O) groups is 1. The average molecular weight is 234 g/mol. The molecule has 4 heteroatoms. The highest BCUT2D eigenvalue weighted by Crippen LogP contribution is 2.20. The molecule has 0 aromatic heterocycles. The van der Waals surface area contributed by atoms with Gasteiger partial charge in [0.25, 0.3) is 5.91 Å². The largest absolute Gasteiger partial charge is 0.508 e. The summed E-state index contributed by atoms with van der Waals surface area (Å²) in [4.78, 5) is 14.1. The molecule has 1 aromatic rings. The van der Waals surface area contributed by atoms with E-state index in [1.807, 2.05) is 4.90 Å². The van der Waals surface area contributed by atoms with Crippen molar-refractivity contribution in [1.29, 1.82) is 0 Å². The molecule has 3 N–H and O–H groups in total. The Morgan fingerprint density at radius 2 is 2.06 bits per heavy atom. The predicted octanol–water partition coefficient (Wildman–Crippen LogP) is 1.35. The fraction of sp³-hybridized carbons (Fsp3) is 0.462. The summed E-state index contributed by atoms with van der Waals surface area (Å²) in [6, 6.07) is 6.54. The second-order valence-electron chi connectivity index (χ2n) is 4.43. The number of rotatable bonds is 2. The van der Waals surface area contributed by atoms with Crippen LogP contribution >= 0.6 is 0 Å². The third kappa shape index (κ3) is 2.58. The number of amides is 1. The van der Waals surface area contributed by atoms with Gasteiger partial charge in [-0.15, -0.1) is 0 Å². The standard InChI is InChI=1S/C13H18N2O2/c14-9-11-3-1-2-8-15(11)13(17)10-4-6-12(16)7-5-10/h4-7,11,16H,1-3,8-9,14H2. The van der Waals surface area contributed by atoms with E-state index in [0.29, 0.717) is 12.1 Å². The molecule has 1 unspecified atom stereocenters. The lowest BCUT2D eigenvalue weighted by Gasteiger charge is -2.35. The van der Waals surface area contributed by atoms with Crippen LogP contribution in [0.4, 0.5) is 0 Å². The Balaban J connectivity index is 2.15. The summed E-state index contributed by atoms with van der Waals surface area (Å²) in [6.45, 7) is 1.30. The van der Waals surface area contributed by atoms with E-state index in [-0.39, 0.29) is 17.7 Å². The van der Waals surface area contributed by atoms with Crippen molar-refractivity contribution in [2.24, 2.45) is 5.73 Å². The van der Waals surface area contributed by atoms with Gasteiger partial charge in [-0.05, 0) is 43.5 Å². The van der Waals surface area contributed by atoms with E-state index in [0.717, 1.165) is 25.8 Å². The first-order chi connectivity index (χ1) is 8.22. The zero-order valence-corrected chi connectivity index (χ0v) is 9.80. The molecule has 2 rings (SSSR count). The monoisotopic (exact) mass is 234 g/mol. The van der Waals surface area contributed by atoms with Crippen LogP contribution in [0.2, 0.25) is 0 Å². The fourth-order valence-corrected chi connectivity index (χ4v) is 2.28. The van der Waals surface area contributed by atoms with Gasteiger partial charge >= 0.3 is 0 Å². The molecular formula is C13H18N2O2. The Morgan fingerprint density at radius 3 is 2.71 bits per heavy atom. The molecule has 1 fully saturated rings. The summed E-state index contributed by atoms with van der Waals surface area (Å²) in [5.74, 6) is 0.190. The van der Waals surface area contributed by atoms with Crippen molar-refractivity contribution in [1.82, 2.24) is 4.90 Å². The highest BCUT2D eigenvalue weighted by atomic mass is 16.3. The van der Waals surface area contributed by atoms with Gasteiger partial charge in [0.05, 0.1) is 0 Å². The molecule has 1 saturated heterocycles. The van der Waals surface area contributed by atoms with Gasteiger partial charge in [-0.3, -0.25) is 4.79 Å². The van der Waals surface area contributed by atoms with Crippen LogP contribution in [0.5, 0.6) is 5.75 Å². The number of likely N-dealkylation sites (tertiary alicyclic amines) is 1. The van der Waals surface area contributed by atoms with Gasteiger partial charge in [-0.2, -0.15) is 0 Å². The molecule has 1 atom stereocenters. The van der Waals surface area contributed by atoms with Crippen molar-refractivity contribution in [3.05, 3.63) is 29.8 Å². The second-order valence-corrected chi connectivity index (χ2v) is 4.43. The minimum atomic E-state index is 0.0140. The number of phenolic OH excluding ortho intramolecular Hbond substituents is 1. The summed E-state index contributed by atoms with van der Waals surface area (Å²) in [5, 5.41) is 9.20. The SMILES string of the molecule is NCC1CCCCN1C(=O)c1ccc(O)cc1. The molecule has 0 radical (unpaired) electrons. The lowest BCUT2D eigenvalue weighted by molar-refractivity contribution is 0.0623. The lowest BCUT2D eigenvalue weighted by Crippen LogP contribution is -2.47. The summed E-state index contributed by atoms with van der Waals surface area (Å²) in [6.07, 6.45) is 3.17. The maximum Gasteiger partial charge on any atom is 0.254 e. The fourth-order valence-electron chi connectivity index (χ4n) is 2.28. The zero-order valence-electron chi connectivity index (χ0n) is 9.80. The van der Waals surface area contributed by atoms with E-state index in [1.54, 1.807) is 12.1 Å². The Labute approximate surface area is 101 Å². The van der Waals surface area contributed by atoms with Crippen LogP contribution in [0, 0.1) is 0 Å². The Kier molecular flexibility index (Phi) is 3.64. The number of nitrogens with two attached hydrogens (primary N) is 1. The maximum atomic E-state index is 12.3. The minimum Gasteiger partial charge on any atom is -0.508 e. The van der Waals surface area contributed by atoms with E-state index in [9.17, 15) is 9.90 Å². The number of hydrogen-bond donors (Lipinski definition) is 2. The highest BCUT2D eigenvalue weighted by Gasteiger charge is 2.26. The zero-order chi connectivity index (χ0) is 12.3. The Morgan fingerprint density at radius 1 is 1.35 bits per heavy atom. The smallest absolute Gasteiger partial charge is 0.254 e. The van der Waals surface area contributed by atoms with E-state index in [4.69, 9.17) is 5.73 Å². The molecule has 17 heavy (non-hydrogen) atoms. The molecule has 1 aliphatic rings. The van der Waals surface area contributed by atoms with Crippen LogP contribution in [0.1, 0.15) is 29.6 Å². The van der Waals surface area contributed by atoms with Crippen molar-refractivity contribution in [3.63, 3.8) is 0 Å². The first-order valence-corrected chi connectivity index (χ1v) is 6.02. The highest BCUT2D eigenvalue weighted by molar-refractivity contribution is 5.94. The van der Waals surface area contributed by atoms with E-state index in [2.05, 4.69) is 0 Å². The van der Waals surface area contributed by atoms with Gasteiger partial charge < -0.3 is 15.7 Å². The molecule has 1 aromatic carbocycles. The molecule has 4 nitrogen and oxygen atoms in total. The normalized spacial score (nSPS) is 20.3. The van der Waals surface area contributed by atoms with Crippen LogP contribution in [0.25, 0.3) is 0 Å². The van der Waals surface area contributed by atoms with Gasteiger partial charge in [0.1, 0.15) is 5.75 Å². The van der Waals surface area contributed by atoms with Gasteiger partial charge in [0.15, 0.2) is 0 Å². The number of carbonyl (C=O) groups excluding carboxylic acids is 1. The van der Waals surface area contributed by atoms with Gasteiger partial charge in [-0.25, -0.2) is 0 Å². The molecule has 0 saturated carbocycles. The van der Waals surface area contributed by atoms with Gasteiger partial charge in [0, 0.05) is 24.7 Å². The topological polar surface area (TPSA) is 66.6 Å². The molecule has 92 valence electrons. The molecule has 0 bridgehead atoms. The quantitative estimate of drug-likeness (QED) is 0.811. The van der Waals surface area contributed by atoms with Crippen LogP contribution in [-0.2, 0) is 0 Å². The van der Waals surface area contributed by atoms with Crippen molar-refractivity contribution in [2.45, 2.75) is 25.3 Å². The van der Waals surface area contributed by atoms with Crippen LogP contribution in [0.15, 0.2) is 24.3 Å². The summed E-state index contributed by atoms with van der Waals surface area (Å²) in [7, 11) is 0. The van der Waals surface area contributed by atoms with Crippen LogP contribution in [-0.4, -0.2) is 35.0 Å². The van der Waals surface area contributed by atoms with E-state index >= 15 is 0 Å². The first kappa shape index (κ1) is 11.9. The molecule has 1 amide bonds. The van der Waals surface area contributed by atoms with Crippen molar-refractivity contribution in [2.75, 3.05) is 13.1 Å². The Bertz CT molecular complexity index is 389. The predicted molar refractivity (Wildman–Crippen MR) is 65.8 cm³/mol. The van der Waals surface area contributed by atoms with Crippen LogP contribution < -0.4 is 5.73 Å². The lowest BCUT2D eigenvalue weighted by atomic mass is 10.0. The number of nitrogens with zero attached hydrogens (tertiary/aromatic N) is 1. The van der Waals surface area contributed by atoms with Gasteiger partial charge in [0.2, 0.25) is 0 Å². The third-order valence-corrected chi connectivity index (χ3v) is 3.27. The number of aromatic hydroxyl groups is 1. The Hall–Kier alpha value is -1.55. The first-order valence-electron chi connectivity index (χ1n) is 6.02. The van der Waals surface area contributed by atoms with E-state index in [1.165, 1.54) is 12.1 Å². The van der Waals surface area contributed by atoms with E-state index < -0.39 is 0 Å². The van der Waals surface area contributed by atoms with Crippen molar-refractivity contribution < 1.29 is 9.90 Å². The molecule has 0 spiro atoms. The third-order valence-electron chi connectivity index (χ3n) is 3.27. The molecule has 0 aliphatic carbocycles. The molecular weight excluding hydrogens is 216 g/mol. The number of phenols is 1. The minimum absolute atomic E-state index is 0.0140. The summed E-state index contributed by atoms with van der Waals surface area (Å²) < 4.78 is 0. The summed E-state index contributed by atoms with van der Waals surface area (Å²) in [5.41, 5.74) is 6.31.